The standard InChI is InChI=1S/C15H16ClNO2/c1-3-7-11-13(16)10-8-5-6-9-12(10)17-14(11)15(18)19-4-2/h5-6,8-9H,3-4,7H2,1-2H3. The van der Waals surface area contributed by atoms with Gasteiger partial charge in [-0.15, -0.1) is 0 Å². The molecule has 1 aromatic heterocycles. The molecule has 2 rings (SSSR count). The minimum absolute atomic E-state index is 0.330. The first-order valence-electron chi connectivity index (χ1n) is 6.43. The second-order valence-electron chi connectivity index (χ2n) is 4.24. The summed E-state index contributed by atoms with van der Waals surface area (Å²) in [4.78, 5) is 16.4. The lowest BCUT2D eigenvalue weighted by atomic mass is 10.0. The Morgan fingerprint density at radius 2 is 2.05 bits per heavy atom. The number of halogens is 1. The number of ether oxygens (including phenoxy) is 1. The number of para-hydroxylation sites is 1. The second kappa shape index (κ2) is 6.02. The summed E-state index contributed by atoms with van der Waals surface area (Å²) in [6.45, 7) is 4.15. The Kier molecular flexibility index (Phi) is 4.38. The fraction of sp³-hybridized carbons (Fsp3) is 0.333. The van der Waals surface area contributed by atoms with Crippen molar-refractivity contribution in [2.75, 3.05) is 6.61 Å². The first kappa shape index (κ1) is 13.8. The first-order chi connectivity index (χ1) is 9.19. The molecule has 0 fully saturated rings. The van der Waals surface area contributed by atoms with Gasteiger partial charge < -0.3 is 4.74 Å². The van der Waals surface area contributed by atoms with Crippen LogP contribution in [-0.4, -0.2) is 17.6 Å². The van der Waals surface area contributed by atoms with Crippen molar-refractivity contribution in [3.63, 3.8) is 0 Å². The number of fused-ring (bicyclic) bond motifs is 1. The zero-order valence-electron chi connectivity index (χ0n) is 11.1. The smallest absolute Gasteiger partial charge is 0.357 e. The molecule has 0 saturated heterocycles. The maximum atomic E-state index is 12.0. The van der Waals surface area contributed by atoms with Gasteiger partial charge in [0.15, 0.2) is 5.69 Å². The van der Waals surface area contributed by atoms with E-state index in [4.69, 9.17) is 16.3 Å². The summed E-state index contributed by atoms with van der Waals surface area (Å²) in [5, 5.41) is 1.48. The van der Waals surface area contributed by atoms with Crippen molar-refractivity contribution >= 4 is 28.5 Å². The minimum atomic E-state index is -0.404. The predicted octanol–water partition coefficient (Wildman–Crippen LogP) is 4.02. The molecule has 1 aromatic carbocycles. The fourth-order valence-electron chi connectivity index (χ4n) is 2.06. The van der Waals surface area contributed by atoms with Crippen molar-refractivity contribution < 1.29 is 9.53 Å². The highest BCUT2D eigenvalue weighted by atomic mass is 35.5. The van der Waals surface area contributed by atoms with Gasteiger partial charge in [0.1, 0.15) is 0 Å². The van der Waals surface area contributed by atoms with E-state index in [9.17, 15) is 4.79 Å². The molecule has 0 aliphatic rings. The molecule has 0 aliphatic carbocycles. The number of aromatic nitrogens is 1. The Balaban J connectivity index is 2.66. The largest absolute Gasteiger partial charge is 0.461 e. The molecule has 0 saturated carbocycles. The van der Waals surface area contributed by atoms with Crippen LogP contribution in [0.25, 0.3) is 10.9 Å². The van der Waals surface area contributed by atoms with Gasteiger partial charge in [-0.3, -0.25) is 0 Å². The molecular formula is C15H16ClNO2. The molecule has 4 heteroatoms. The predicted molar refractivity (Wildman–Crippen MR) is 76.7 cm³/mol. The van der Waals surface area contributed by atoms with E-state index in [2.05, 4.69) is 4.98 Å². The maximum absolute atomic E-state index is 12.0. The van der Waals surface area contributed by atoms with Crippen molar-refractivity contribution in [3.05, 3.63) is 40.5 Å². The van der Waals surface area contributed by atoms with Gasteiger partial charge in [-0.25, -0.2) is 9.78 Å². The maximum Gasteiger partial charge on any atom is 0.357 e. The quantitative estimate of drug-likeness (QED) is 0.793. The average Bonchev–Trinajstić information content (AvgIpc) is 2.42. The van der Waals surface area contributed by atoms with Gasteiger partial charge in [-0.1, -0.05) is 43.1 Å². The molecule has 19 heavy (non-hydrogen) atoms. The zero-order chi connectivity index (χ0) is 13.8. The van der Waals surface area contributed by atoms with Crippen LogP contribution in [0.2, 0.25) is 5.02 Å². The Morgan fingerprint density at radius 3 is 2.74 bits per heavy atom. The van der Waals surface area contributed by atoms with Crippen LogP contribution in [-0.2, 0) is 11.2 Å². The van der Waals surface area contributed by atoms with Crippen LogP contribution >= 0.6 is 11.6 Å². The Bertz CT molecular complexity index is 610. The van der Waals surface area contributed by atoms with E-state index in [0.717, 1.165) is 22.9 Å². The highest BCUT2D eigenvalue weighted by Crippen LogP contribution is 2.29. The summed E-state index contributed by atoms with van der Waals surface area (Å²) < 4.78 is 5.06. The third kappa shape index (κ3) is 2.71. The lowest BCUT2D eigenvalue weighted by molar-refractivity contribution is 0.0518. The van der Waals surface area contributed by atoms with Crippen molar-refractivity contribution in [2.45, 2.75) is 26.7 Å². The van der Waals surface area contributed by atoms with E-state index in [-0.39, 0.29) is 0 Å². The zero-order valence-corrected chi connectivity index (χ0v) is 11.8. The number of carbonyl (C=O) groups excluding carboxylic acids is 1. The molecule has 0 unspecified atom stereocenters. The second-order valence-corrected chi connectivity index (χ2v) is 4.62. The number of esters is 1. The van der Waals surface area contributed by atoms with Crippen molar-refractivity contribution in [1.29, 1.82) is 0 Å². The van der Waals surface area contributed by atoms with Crippen molar-refractivity contribution in [3.8, 4) is 0 Å². The Hall–Kier alpha value is -1.61. The highest BCUT2D eigenvalue weighted by Gasteiger charge is 2.19. The molecule has 0 amide bonds. The van der Waals surface area contributed by atoms with Crippen LogP contribution in [0.5, 0.6) is 0 Å². The van der Waals surface area contributed by atoms with E-state index in [1.54, 1.807) is 6.92 Å². The third-order valence-corrected chi connectivity index (χ3v) is 3.32. The molecule has 0 radical (unpaired) electrons. The van der Waals surface area contributed by atoms with Crippen LogP contribution in [0.4, 0.5) is 0 Å². The molecule has 0 atom stereocenters. The number of hydrogen-bond donors (Lipinski definition) is 0. The van der Waals surface area contributed by atoms with Gasteiger partial charge in [-0.05, 0) is 19.4 Å². The monoisotopic (exact) mass is 277 g/mol. The summed E-state index contributed by atoms with van der Waals surface area (Å²) >= 11 is 6.42. The summed E-state index contributed by atoms with van der Waals surface area (Å²) in [6.07, 6.45) is 1.61. The SMILES string of the molecule is CCCc1c(C(=O)OCC)nc2ccccc2c1Cl. The van der Waals surface area contributed by atoms with Crippen LogP contribution in [0.15, 0.2) is 24.3 Å². The Morgan fingerprint density at radius 1 is 1.32 bits per heavy atom. The van der Waals surface area contributed by atoms with Crippen LogP contribution in [0.3, 0.4) is 0 Å². The average molecular weight is 278 g/mol. The summed E-state index contributed by atoms with van der Waals surface area (Å²) in [5.74, 6) is -0.404. The van der Waals surface area contributed by atoms with Gasteiger partial charge >= 0.3 is 5.97 Å². The van der Waals surface area contributed by atoms with Gasteiger partial charge in [0.05, 0.1) is 17.1 Å². The summed E-state index contributed by atoms with van der Waals surface area (Å²) in [7, 11) is 0. The van der Waals surface area contributed by atoms with E-state index in [1.807, 2.05) is 31.2 Å². The number of nitrogens with zero attached hydrogens (tertiary/aromatic N) is 1. The van der Waals surface area contributed by atoms with Gasteiger partial charge in [0.2, 0.25) is 0 Å². The van der Waals surface area contributed by atoms with E-state index in [1.165, 1.54) is 0 Å². The lowest BCUT2D eigenvalue weighted by Gasteiger charge is -2.12. The Labute approximate surface area is 117 Å². The molecule has 1 heterocycles. The molecule has 2 aromatic rings. The number of carbonyl (C=O) groups is 1. The lowest BCUT2D eigenvalue weighted by Crippen LogP contribution is -2.11. The first-order valence-corrected chi connectivity index (χ1v) is 6.81. The molecule has 3 nitrogen and oxygen atoms in total. The van der Waals surface area contributed by atoms with Crippen molar-refractivity contribution in [1.82, 2.24) is 4.98 Å². The number of rotatable bonds is 4. The van der Waals surface area contributed by atoms with Crippen LogP contribution in [0, 0.1) is 0 Å². The van der Waals surface area contributed by atoms with Crippen molar-refractivity contribution in [2.24, 2.45) is 0 Å². The molecule has 0 spiro atoms. The number of benzene rings is 1. The van der Waals surface area contributed by atoms with E-state index >= 15 is 0 Å². The highest BCUT2D eigenvalue weighted by molar-refractivity contribution is 6.36. The summed E-state index contributed by atoms with van der Waals surface area (Å²) in [5.41, 5.74) is 1.84. The van der Waals surface area contributed by atoms with E-state index < -0.39 is 5.97 Å². The third-order valence-electron chi connectivity index (χ3n) is 2.89. The molecule has 100 valence electrons. The van der Waals surface area contributed by atoms with Gasteiger partial charge in [-0.2, -0.15) is 0 Å². The number of pyridine rings is 1. The summed E-state index contributed by atoms with van der Waals surface area (Å²) in [6, 6.07) is 7.55. The number of hydrogen-bond acceptors (Lipinski definition) is 3. The van der Waals surface area contributed by atoms with Crippen LogP contribution < -0.4 is 0 Å². The molecule has 0 N–H and O–H groups in total. The van der Waals surface area contributed by atoms with Gasteiger partial charge in [0, 0.05) is 10.9 Å². The molecule has 0 aliphatic heterocycles. The fourth-order valence-corrected chi connectivity index (χ4v) is 2.40. The van der Waals surface area contributed by atoms with Gasteiger partial charge in [0.25, 0.3) is 0 Å². The van der Waals surface area contributed by atoms with E-state index in [0.29, 0.717) is 23.7 Å². The topological polar surface area (TPSA) is 39.2 Å². The molecule has 0 bridgehead atoms. The minimum Gasteiger partial charge on any atom is -0.461 e. The van der Waals surface area contributed by atoms with Crippen LogP contribution in [0.1, 0.15) is 36.3 Å². The normalized spacial score (nSPS) is 10.7. The molecular weight excluding hydrogens is 262 g/mol.